The lowest BCUT2D eigenvalue weighted by Crippen LogP contribution is -2.47. The van der Waals surface area contributed by atoms with Gasteiger partial charge < -0.3 is 20.3 Å². The maximum atomic E-state index is 11.4. The van der Waals surface area contributed by atoms with Gasteiger partial charge in [-0.3, -0.25) is 9.69 Å². The molecule has 1 fully saturated rings. The molecular formula is C20H24N6O2S. The Morgan fingerprint density at radius 2 is 2.07 bits per heavy atom. The Morgan fingerprint density at radius 1 is 1.24 bits per heavy atom. The molecule has 1 amide bonds. The summed E-state index contributed by atoms with van der Waals surface area (Å²) in [6.07, 6.45) is 1.63. The molecular weight excluding hydrogens is 388 g/mol. The Labute approximate surface area is 174 Å². The average Bonchev–Trinajstić information content (AvgIpc) is 3.12. The molecule has 2 atom stereocenters. The number of nitrogens with zero attached hydrogens (tertiary/aromatic N) is 4. The Bertz CT molecular complexity index is 947. The van der Waals surface area contributed by atoms with Crippen molar-refractivity contribution in [1.29, 1.82) is 0 Å². The van der Waals surface area contributed by atoms with E-state index in [-0.39, 0.29) is 12.5 Å². The van der Waals surface area contributed by atoms with Crippen LogP contribution in [0.2, 0.25) is 0 Å². The molecule has 2 N–H and O–H groups in total. The van der Waals surface area contributed by atoms with Gasteiger partial charge in [0.25, 0.3) is 5.91 Å². The summed E-state index contributed by atoms with van der Waals surface area (Å²) in [6.45, 7) is 8.05. The van der Waals surface area contributed by atoms with Gasteiger partial charge in [-0.05, 0) is 31.5 Å². The van der Waals surface area contributed by atoms with Crippen LogP contribution < -0.4 is 20.3 Å². The standard InChI is InChI=1S/C20H24N6O2S/c1-12(14-3-4-17-15(9-14)22-13(2)29-17)25-5-7-26(8-6-25)20-21-10-16-19(24-20)28-11-18(27)23-16/h3-4,9-10,12-13,22H,5-8,11H2,1-2H3,(H,23,27). The third-order valence-corrected chi connectivity index (χ3v) is 6.73. The lowest BCUT2D eigenvalue weighted by Gasteiger charge is -2.38. The van der Waals surface area contributed by atoms with Crippen LogP contribution in [0.4, 0.5) is 17.3 Å². The topological polar surface area (TPSA) is 82.6 Å². The second kappa shape index (κ2) is 7.38. The number of anilines is 3. The summed E-state index contributed by atoms with van der Waals surface area (Å²) in [5.74, 6) is 0.925. The van der Waals surface area contributed by atoms with Crippen LogP contribution in [0.1, 0.15) is 25.5 Å². The fourth-order valence-corrected chi connectivity index (χ4v) is 4.97. The van der Waals surface area contributed by atoms with E-state index in [0.29, 0.717) is 28.9 Å². The van der Waals surface area contributed by atoms with Crippen molar-refractivity contribution in [3.63, 3.8) is 0 Å². The average molecular weight is 413 g/mol. The number of hydrogen-bond donors (Lipinski definition) is 2. The van der Waals surface area contributed by atoms with Crippen LogP contribution in [-0.2, 0) is 4.79 Å². The van der Waals surface area contributed by atoms with Crippen LogP contribution in [-0.4, -0.2) is 58.9 Å². The Balaban J connectivity index is 1.24. The van der Waals surface area contributed by atoms with Crippen LogP contribution >= 0.6 is 11.8 Å². The second-order valence-electron chi connectivity index (χ2n) is 7.58. The normalized spacial score (nSPS) is 22.2. The van der Waals surface area contributed by atoms with Crippen molar-refractivity contribution in [2.75, 3.05) is 48.3 Å². The molecule has 8 nitrogen and oxygen atoms in total. The number of piperazine rings is 1. The highest BCUT2D eigenvalue weighted by Gasteiger charge is 2.26. The highest BCUT2D eigenvalue weighted by molar-refractivity contribution is 8.00. The predicted octanol–water partition coefficient (Wildman–Crippen LogP) is 2.55. The van der Waals surface area contributed by atoms with E-state index in [1.807, 2.05) is 11.8 Å². The van der Waals surface area contributed by atoms with Crippen LogP contribution in [0.15, 0.2) is 29.3 Å². The molecule has 2 aromatic rings. The third-order valence-electron chi connectivity index (χ3n) is 5.65. The van der Waals surface area contributed by atoms with Gasteiger partial charge in [0.05, 0.1) is 11.6 Å². The largest absolute Gasteiger partial charge is 0.466 e. The minimum Gasteiger partial charge on any atom is -0.466 e. The number of hydrogen-bond acceptors (Lipinski definition) is 8. The molecule has 0 saturated carbocycles. The molecule has 1 saturated heterocycles. The molecule has 4 heterocycles. The lowest BCUT2D eigenvalue weighted by molar-refractivity contribution is -0.118. The molecule has 1 aromatic heterocycles. The van der Waals surface area contributed by atoms with Gasteiger partial charge in [-0.15, -0.1) is 0 Å². The number of carbonyl (C=O) groups excluding carboxylic acids is 1. The Hall–Kier alpha value is -2.52. The number of rotatable bonds is 3. The first-order valence-corrected chi connectivity index (χ1v) is 10.8. The van der Waals surface area contributed by atoms with Gasteiger partial charge >= 0.3 is 0 Å². The van der Waals surface area contributed by atoms with Gasteiger partial charge in [0.1, 0.15) is 5.69 Å². The molecule has 0 radical (unpaired) electrons. The van der Waals surface area contributed by atoms with Gasteiger partial charge in [0, 0.05) is 42.8 Å². The maximum Gasteiger partial charge on any atom is 0.262 e. The summed E-state index contributed by atoms with van der Waals surface area (Å²) in [6, 6.07) is 7.13. The van der Waals surface area contributed by atoms with E-state index in [0.717, 1.165) is 26.2 Å². The first kappa shape index (κ1) is 18.5. The van der Waals surface area contributed by atoms with Crippen molar-refractivity contribution < 1.29 is 9.53 Å². The lowest BCUT2D eigenvalue weighted by atomic mass is 10.1. The molecule has 0 bridgehead atoms. The van der Waals surface area contributed by atoms with Gasteiger partial charge in [0.15, 0.2) is 6.61 Å². The van der Waals surface area contributed by atoms with E-state index >= 15 is 0 Å². The van der Waals surface area contributed by atoms with Crippen molar-refractivity contribution in [2.24, 2.45) is 0 Å². The summed E-state index contributed by atoms with van der Waals surface area (Å²) >= 11 is 1.88. The quantitative estimate of drug-likeness (QED) is 0.796. The highest BCUT2D eigenvalue weighted by Crippen LogP contribution is 2.40. The zero-order chi connectivity index (χ0) is 20.0. The van der Waals surface area contributed by atoms with Crippen molar-refractivity contribution in [2.45, 2.75) is 30.2 Å². The first-order valence-electron chi connectivity index (χ1n) is 9.92. The number of benzene rings is 1. The number of fused-ring (bicyclic) bond motifs is 2. The minimum absolute atomic E-state index is 0.00165. The van der Waals surface area contributed by atoms with Gasteiger partial charge in [-0.1, -0.05) is 17.8 Å². The number of carbonyl (C=O) groups is 1. The summed E-state index contributed by atoms with van der Waals surface area (Å²) < 4.78 is 5.42. The van der Waals surface area contributed by atoms with Crippen molar-refractivity contribution in [3.8, 4) is 5.88 Å². The predicted molar refractivity (Wildman–Crippen MR) is 114 cm³/mol. The first-order chi connectivity index (χ1) is 14.1. The van der Waals surface area contributed by atoms with Crippen LogP contribution in [0.5, 0.6) is 5.88 Å². The summed E-state index contributed by atoms with van der Waals surface area (Å²) in [5.41, 5.74) is 3.13. The molecule has 9 heteroatoms. The number of nitrogens with one attached hydrogen (secondary N) is 2. The summed E-state index contributed by atoms with van der Waals surface area (Å²) in [4.78, 5) is 26.3. The van der Waals surface area contributed by atoms with E-state index in [2.05, 4.69) is 62.4 Å². The van der Waals surface area contributed by atoms with Crippen LogP contribution in [0.25, 0.3) is 0 Å². The smallest absolute Gasteiger partial charge is 0.262 e. The second-order valence-corrected chi connectivity index (χ2v) is 8.97. The zero-order valence-corrected chi connectivity index (χ0v) is 17.3. The number of thioether (sulfide) groups is 1. The van der Waals surface area contributed by atoms with Gasteiger partial charge in [-0.2, -0.15) is 4.98 Å². The molecule has 3 aliphatic heterocycles. The van der Waals surface area contributed by atoms with Crippen molar-refractivity contribution in [3.05, 3.63) is 30.0 Å². The van der Waals surface area contributed by atoms with E-state index in [4.69, 9.17) is 4.74 Å². The molecule has 1 aromatic carbocycles. The molecule has 5 rings (SSSR count). The maximum absolute atomic E-state index is 11.4. The number of aromatic nitrogens is 2. The SMILES string of the molecule is CC1Nc2cc(C(C)N3CCN(c4ncc5c(n4)OCC(=O)N5)CC3)ccc2S1. The Morgan fingerprint density at radius 3 is 2.90 bits per heavy atom. The molecule has 3 aliphatic rings. The Kier molecular flexibility index (Phi) is 4.71. The van der Waals surface area contributed by atoms with E-state index < -0.39 is 0 Å². The van der Waals surface area contributed by atoms with E-state index in [1.54, 1.807) is 6.20 Å². The minimum atomic E-state index is -0.175. The van der Waals surface area contributed by atoms with Crippen molar-refractivity contribution >= 4 is 35.0 Å². The van der Waals surface area contributed by atoms with Gasteiger partial charge in [-0.25, -0.2) is 4.98 Å². The molecule has 0 spiro atoms. The number of amides is 1. The van der Waals surface area contributed by atoms with Crippen LogP contribution in [0.3, 0.4) is 0 Å². The molecule has 152 valence electrons. The fourth-order valence-electron chi connectivity index (χ4n) is 4.01. The monoisotopic (exact) mass is 412 g/mol. The van der Waals surface area contributed by atoms with Gasteiger partial charge in [0.2, 0.25) is 11.8 Å². The molecule has 0 aliphatic carbocycles. The van der Waals surface area contributed by atoms with Crippen LogP contribution in [0, 0.1) is 0 Å². The molecule has 29 heavy (non-hydrogen) atoms. The van der Waals surface area contributed by atoms with Crippen molar-refractivity contribution in [1.82, 2.24) is 14.9 Å². The van der Waals surface area contributed by atoms with E-state index in [1.165, 1.54) is 16.1 Å². The highest BCUT2D eigenvalue weighted by atomic mass is 32.2. The third kappa shape index (κ3) is 3.60. The summed E-state index contributed by atoms with van der Waals surface area (Å²) in [7, 11) is 0. The number of ether oxygens (including phenoxy) is 1. The summed E-state index contributed by atoms with van der Waals surface area (Å²) in [5, 5.41) is 6.70. The molecule has 2 unspecified atom stereocenters. The zero-order valence-electron chi connectivity index (χ0n) is 16.5. The van der Waals surface area contributed by atoms with E-state index in [9.17, 15) is 4.79 Å². The fraction of sp³-hybridized carbons (Fsp3) is 0.450.